The number of pyridine rings is 1. The molecule has 0 aliphatic rings. The molecule has 0 bridgehead atoms. The average Bonchev–Trinajstić information content (AvgIpc) is 2.73. The Balaban J connectivity index is 2.63. The van der Waals surface area contributed by atoms with E-state index in [0.29, 0.717) is 41.1 Å². The Morgan fingerprint density at radius 1 is 1.63 bits per heavy atom. The summed E-state index contributed by atoms with van der Waals surface area (Å²) >= 11 is 0. The third kappa shape index (κ3) is 2.16. The fourth-order valence-electron chi connectivity index (χ4n) is 1.95. The number of nitrogen functional groups attached to an aromatic ring is 1. The van der Waals surface area contributed by atoms with Crippen LogP contribution < -0.4 is 5.73 Å². The predicted octanol–water partition coefficient (Wildman–Crippen LogP) is 1.68. The van der Waals surface area contributed by atoms with Crippen LogP contribution in [-0.4, -0.2) is 27.3 Å². The highest BCUT2D eigenvalue weighted by Gasteiger charge is 2.20. The minimum absolute atomic E-state index is 0.297. The van der Waals surface area contributed by atoms with Gasteiger partial charge in [-0.05, 0) is 13.8 Å². The van der Waals surface area contributed by atoms with Crippen LogP contribution in [0.15, 0.2) is 18.9 Å². The Labute approximate surface area is 110 Å². The number of nitrogens with two attached hydrogens (primary N) is 1. The lowest BCUT2D eigenvalue weighted by molar-refractivity contribution is 0.0526. The molecule has 0 radical (unpaired) electrons. The van der Waals surface area contributed by atoms with Crippen LogP contribution in [0.25, 0.3) is 11.0 Å². The molecule has 0 amide bonds. The third-order valence-corrected chi connectivity index (χ3v) is 2.79. The molecular weight excluding hydrogens is 244 g/mol. The molecule has 0 saturated carbocycles. The number of nitrogens with zero attached hydrogens (tertiary/aromatic N) is 3. The first kappa shape index (κ1) is 13.1. The van der Waals surface area contributed by atoms with Crippen LogP contribution in [0.1, 0.15) is 23.0 Å². The van der Waals surface area contributed by atoms with E-state index in [1.807, 2.05) is 0 Å². The van der Waals surface area contributed by atoms with Crippen LogP contribution >= 0.6 is 0 Å². The molecule has 2 rings (SSSR count). The lowest BCUT2D eigenvalue weighted by Crippen LogP contribution is -2.12. The molecule has 0 atom stereocenters. The van der Waals surface area contributed by atoms with Crippen molar-refractivity contribution in [3.63, 3.8) is 0 Å². The van der Waals surface area contributed by atoms with Crippen molar-refractivity contribution in [1.82, 2.24) is 14.8 Å². The van der Waals surface area contributed by atoms with Crippen molar-refractivity contribution in [2.75, 3.05) is 12.3 Å². The molecule has 2 heterocycles. The SMILES string of the molecule is C=CCn1ncc2c(N)c(C(=O)OCC)c(C)nc21. The maximum absolute atomic E-state index is 11.9. The molecule has 0 spiro atoms. The summed E-state index contributed by atoms with van der Waals surface area (Å²) in [6.07, 6.45) is 3.32. The Morgan fingerprint density at radius 2 is 2.37 bits per heavy atom. The topological polar surface area (TPSA) is 83.0 Å². The number of hydrogen-bond donors (Lipinski definition) is 1. The maximum atomic E-state index is 11.9. The third-order valence-electron chi connectivity index (χ3n) is 2.79. The zero-order chi connectivity index (χ0) is 14.0. The number of ether oxygens (including phenoxy) is 1. The van der Waals surface area contributed by atoms with Crippen LogP contribution in [0.3, 0.4) is 0 Å². The monoisotopic (exact) mass is 260 g/mol. The highest BCUT2D eigenvalue weighted by atomic mass is 16.5. The molecule has 19 heavy (non-hydrogen) atoms. The van der Waals surface area contributed by atoms with Crippen molar-refractivity contribution in [3.8, 4) is 0 Å². The summed E-state index contributed by atoms with van der Waals surface area (Å²) in [5, 5.41) is 4.83. The van der Waals surface area contributed by atoms with Crippen molar-refractivity contribution < 1.29 is 9.53 Å². The Morgan fingerprint density at radius 3 is 3.00 bits per heavy atom. The van der Waals surface area contributed by atoms with Gasteiger partial charge in [0, 0.05) is 0 Å². The standard InChI is InChI=1S/C13H16N4O2/c1-4-6-17-12-9(7-15-17)11(14)10(8(3)16-12)13(18)19-5-2/h4,7H,1,5-6H2,2-3H3,(H2,14,16). The molecular formula is C13H16N4O2. The highest BCUT2D eigenvalue weighted by Crippen LogP contribution is 2.26. The van der Waals surface area contributed by atoms with Gasteiger partial charge in [-0.2, -0.15) is 5.10 Å². The fraction of sp³-hybridized carbons (Fsp3) is 0.308. The summed E-state index contributed by atoms with van der Waals surface area (Å²) in [6, 6.07) is 0. The first-order valence-electron chi connectivity index (χ1n) is 5.99. The number of esters is 1. The second kappa shape index (κ2) is 5.09. The average molecular weight is 260 g/mol. The van der Waals surface area contributed by atoms with E-state index in [0.717, 1.165) is 0 Å². The van der Waals surface area contributed by atoms with Gasteiger partial charge in [0.1, 0.15) is 5.56 Å². The zero-order valence-electron chi connectivity index (χ0n) is 11.0. The molecule has 0 unspecified atom stereocenters. The van der Waals surface area contributed by atoms with Gasteiger partial charge in [0.05, 0.1) is 36.1 Å². The lowest BCUT2D eigenvalue weighted by atomic mass is 10.1. The number of rotatable bonds is 4. The Hall–Kier alpha value is -2.37. The van der Waals surface area contributed by atoms with E-state index < -0.39 is 5.97 Å². The van der Waals surface area contributed by atoms with Crippen LogP contribution in [0.4, 0.5) is 5.69 Å². The molecule has 0 aliphatic heterocycles. The van der Waals surface area contributed by atoms with E-state index in [4.69, 9.17) is 10.5 Å². The fourth-order valence-corrected chi connectivity index (χ4v) is 1.95. The summed E-state index contributed by atoms with van der Waals surface area (Å²) in [6.45, 7) is 7.97. The van der Waals surface area contributed by atoms with E-state index in [2.05, 4.69) is 16.7 Å². The van der Waals surface area contributed by atoms with Gasteiger partial charge in [0.2, 0.25) is 0 Å². The molecule has 2 N–H and O–H groups in total. The van der Waals surface area contributed by atoms with Crippen LogP contribution in [0.2, 0.25) is 0 Å². The first-order chi connectivity index (χ1) is 9.10. The van der Waals surface area contributed by atoms with Crippen molar-refractivity contribution in [1.29, 1.82) is 0 Å². The number of allylic oxidation sites excluding steroid dienone is 1. The van der Waals surface area contributed by atoms with Gasteiger partial charge in [0.15, 0.2) is 5.65 Å². The van der Waals surface area contributed by atoms with Gasteiger partial charge in [-0.15, -0.1) is 6.58 Å². The van der Waals surface area contributed by atoms with Crippen molar-refractivity contribution in [3.05, 3.63) is 30.1 Å². The molecule has 0 saturated heterocycles. The van der Waals surface area contributed by atoms with Gasteiger partial charge in [-0.1, -0.05) is 6.08 Å². The molecule has 0 fully saturated rings. The van der Waals surface area contributed by atoms with Gasteiger partial charge in [0.25, 0.3) is 0 Å². The number of aryl methyl sites for hydroxylation is 1. The van der Waals surface area contributed by atoms with Crippen LogP contribution in [-0.2, 0) is 11.3 Å². The van der Waals surface area contributed by atoms with Crippen LogP contribution in [0.5, 0.6) is 0 Å². The van der Waals surface area contributed by atoms with E-state index in [9.17, 15) is 4.79 Å². The summed E-state index contributed by atoms with van der Waals surface area (Å²) < 4.78 is 6.67. The smallest absolute Gasteiger partial charge is 0.342 e. The number of hydrogen-bond acceptors (Lipinski definition) is 5. The van der Waals surface area contributed by atoms with Gasteiger partial charge in [-0.3, -0.25) is 0 Å². The Bertz CT molecular complexity index is 646. The predicted molar refractivity (Wildman–Crippen MR) is 72.8 cm³/mol. The second-order valence-electron chi connectivity index (χ2n) is 4.06. The summed E-state index contributed by atoms with van der Waals surface area (Å²) in [7, 11) is 0. The molecule has 2 aromatic rings. The Kier molecular flexibility index (Phi) is 3.50. The maximum Gasteiger partial charge on any atom is 0.342 e. The number of carbonyl (C=O) groups excluding carboxylic acids is 1. The molecule has 100 valence electrons. The summed E-state index contributed by atoms with van der Waals surface area (Å²) in [5.41, 5.74) is 7.89. The lowest BCUT2D eigenvalue weighted by Gasteiger charge is -2.09. The molecule has 0 aromatic carbocycles. The highest BCUT2D eigenvalue weighted by molar-refractivity contribution is 6.04. The van der Waals surface area contributed by atoms with E-state index in [1.165, 1.54) is 0 Å². The van der Waals surface area contributed by atoms with Crippen molar-refractivity contribution in [2.45, 2.75) is 20.4 Å². The second-order valence-corrected chi connectivity index (χ2v) is 4.06. The van der Waals surface area contributed by atoms with Crippen molar-refractivity contribution in [2.24, 2.45) is 0 Å². The minimum atomic E-state index is -0.455. The number of anilines is 1. The number of aromatic nitrogens is 3. The summed E-state index contributed by atoms with van der Waals surface area (Å²) in [5.74, 6) is -0.455. The number of carbonyl (C=O) groups is 1. The number of fused-ring (bicyclic) bond motifs is 1. The van der Waals surface area contributed by atoms with Gasteiger partial charge >= 0.3 is 5.97 Å². The largest absolute Gasteiger partial charge is 0.462 e. The molecule has 6 nitrogen and oxygen atoms in total. The summed E-state index contributed by atoms with van der Waals surface area (Å²) in [4.78, 5) is 16.3. The first-order valence-corrected chi connectivity index (χ1v) is 5.99. The zero-order valence-corrected chi connectivity index (χ0v) is 11.0. The molecule has 6 heteroatoms. The van der Waals surface area contributed by atoms with E-state index in [1.54, 1.807) is 30.8 Å². The van der Waals surface area contributed by atoms with Crippen LogP contribution in [0, 0.1) is 6.92 Å². The minimum Gasteiger partial charge on any atom is -0.462 e. The quantitative estimate of drug-likeness (QED) is 0.668. The van der Waals surface area contributed by atoms with Crippen molar-refractivity contribution >= 4 is 22.7 Å². The van der Waals surface area contributed by atoms with Gasteiger partial charge < -0.3 is 10.5 Å². The normalized spacial score (nSPS) is 10.6. The molecule has 2 aromatic heterocycles. The van der Waals surface area contributed by atoms with E-state index in [-0.39, 0.29) is 0 Å². The van der Waals surface area contributed by atoms with E-state index >= 15 is 0 Å². The molecule has 0 aliphatic carbocycles. The van der Waals surface area contributed by atoms with Gasteiger partial charge in [-0.25, -0.2) is 14.5 Å².